The molecule has 0 unspecified atom stereocenters. The van der Waals surface area contributed by atoms with Gasteiger partial charge in [-0.05, 0) is 0 Å². The quantitative estimate of drug-likeness (QED) is 0.269. The summed E-state index contributed by atoms with van der Waals surface area (Å²) in [5.41, 5.74) is 0. The van der Waals surface area contributed by atoms with Crippen molar-refractivity contribution in [2.75, 3.05) is 0 Å². The van der Waals surface area contributed by atoms with Gasteiger partial charge in [0.25, 0.3) is 0 Å². The summed E-state index contributed by atoms with van der Waals surface area (Å²) in [5, 5.41) is 6.97. The van der Waals surface area contributed by atoms with Crippen LogP contribution in [0.2, 0.25) is 0 Å². The lowest BCUT2D eigenvalue weighted by atomic mass is 10.2. The van der Waals surface area contributed by atoms with Crippen LogP contribution in [-0.4, -0.2) is 49.8 Å². The van der Waals surface area contributed by atoms with Gasteiger partial charge >= 0.3 is 0 Å². The molecule has 8 heteroatoms. The second kappa shape index (κ2) is 13.1. The molecule has 0 heterocycles. The third kappa shape index (κ3) is 9.63. The zero-order chi connectivity index (χ0) is 15.1. The Morgan fingerprint density at radius 3 is 1.20 bits per heavy atom. The number of rotatable bonds is 13. The molecule has 0 aromatic rings. The second-order valence-electron chi connectivity index (χ2n) is 3.57. The van der Waals surface area contributed by atoms with Crippen LogP contribution in [0.25, 0.3) is 0 Å². The first-order chi connectivity index (χ1) is 9.78. The Bertz CT molecular complexity index is 302. The molecular weight excluding hydrogens is 268 g/mol. The summed E-state index contributed by atoms with van der Waals surface area (Å²) in [6, 6.07) is 0. The monoisotopic (exact) mass is 284 g/mol. The van der Waals surface area contributed by atoms with Crippen molar-refractivity contribution in [3.63, 3.8) is 0 Å². The number of aldehydes is 4. The normalized spacial score (nSPS) is 11.1. The van der Waals surface area contributed by atoms with E-state index in [1.54, 1.807) is 0 Å². The summed E-state index contributed by atoms with van der Waals surface area (Å²) in [7, 11) is 0. The number of carbonyl (C=O) groups excluding carboxylic acids is 4. The zero-order valence-electron chi connectivity index (χ0n) is 10.8. The fourth-order valence-corrected chi connectivity index (χ4v) is 1.09. The lowest BCUT2D eigenvalue weighted by molar-refractivity contribution is -0.115. The molecule has 0 amide bonds. The van der Waals surface area contributed by atoms with Gasteiger partial charge in [-0.25, -0.2) is 0 Å². The molecule has 0 aliphatic carbocycles. The van der Waals surface area contributed by atoms with E-state index in [1.807, 2.05) is 0 Å². The van der Waals surface area contributed by atoms with Crippen molar-refractivity contribution < 1.29 is 28.9 Å². The van der Waals surface area contributed by atoms with Crippen molar-refractivity contribution in [2.45, 2.75) is 37.9 Å². The SMILES string of the molecule is O=CCC(CC=O)O/N=C/C=N/OC(CC=O)CC=O. The zero-order valence-corrected chi connectivity index (χ0v) is 10.8. The van der Waals surface area contributed by atoms with Gasteiger partial charge in [0.15, 0.2) is 0 Å². The van der Waals surface area contributed by atoms with Crippen molar-refractivity contribution in [2.24, 2.45) is 10.3 Å². The first-order valence-electron chi connectivity index (χ1n) is 5.90. The summed E-state index contributed by atoms with van der Waals surface area (Å²) < 4.78 is 0. The fourth-order valence-electron chi connectivity index (χ4n) is 1.09. The minimum atomic E-state index is -0.603. The first-order valence-corrected chi connectivity index (χ1v) is 5.90. The molecule has 0 aromatic heterocycles. The van der Waals surface area contributed by atoms with Crippen LogP contribution in [-0.2, 0) is 28.9 Å². The third-order valence-electron chi connectivity index (χ3n) is 2.04. The van der Waals surface area contributed by atoms with Crippen LogP contribution in [0.3, 0.4) is 0 Å². The van der Waals surface area contributed by atoms with E-state index in [1.165, 1.54) is 0 Å². The topological polar surface area (TPSA) is 111 Å². The van der Waals surface area contributed by atoms with Crippen LogP contribution < -0.4 is 0 Å². The highest BCUT2D eigenvalue weighted by atomic mass is 16.6. The summed E-state index contributed by atoms with van der Waals surface area (Å²) >= 11 is 0. The van der Waals surface area contributed by atoms with Crippen LogP contribution in [0, 0.1) is 0 Å². The van der Waals surface area contributed by atoms with E-state index in [9.17, 15) is 19.2 Å². The average Bonchev–Trinajstić information content (AvgIpc) is 2.43. The van der Waals surface area contributed by atoms with E-state index in [4.69, 9.17) is 9.68 Å². The smallest absolute Gasteiger partial charge is 0.140 e. The van der Waals surface area contributed by atoms with Crippen LogP contribution in [0.5, 0.6) is 0 Å². The second-order valence-corrected chi connectivity index (χ2v) is 3.57. The minimum absolute atomic E-state index is 0.0600. The first kappa shape index (κ1) is 17.6. The van der Waals surface area contributed by atoms with Gasteiger partial charge in [0.1, 0.15) is 37.4 Å². The van der Waals surface area contributed by atoms with Gasteiger partial charge in [-0.2, -0.15) is 0 Å². The molecule has 0 N–H and O–H groups in total. The Labute approximate surface area is 115 Å². The molecule has 0 fully saturated rings. The number of nitrogens with zero attached hydrogens (tertiary/aromatic N) is 2. The Hall–Kier alpha value is -2.38. The summed E-state index contributed by atoms with van der Waals surface area (Å²) in [6.45, 7) is 0. The molecule has 0 atom stereocenters. The van der Waals surface area contributed by atoms with Gasteiger partial charge in [-0.15, -0.1) is 0 Å². The molecule has 110 valence electrons. The van der Waals surface area contributed by atoms with Crippen molar-refractivity contribution in [1.29, 1.82) is 0 Å². The number of oxime groups is 2. The third-order valence-corrected chi connectivity index (χ3v) is 2.04. The van der Waals surface area contributed by atoms with E-state index in [2.05, 4.69) is 10.3 Å². The Morgan fingerprint density at radius 1 is 0.650 bits per heavy atom. The highest BCUT2D eigenvalue weighted by Crippen LogP contribution is 2.01. The molecule has 8 nitrogen and oxygen atoms in total. The van der Waals surface area contributed by atoms with Gasteiger partial charge in [0, 0.05) is 25.7 Å². The highest BCUT2D eigenvalue weighted by molar-refractivity contribution is 6.15. The number of hydrogen-bond acceptors (Lipinski definition) is 8. The van der Waals surface area contributed by atoms with E-state index >= 15 is 0 Å². The Morgan fingerprint density at radius 2 is 0.950 bits per heavy atom. The molecule has 20 heavy (non-hydrogen) atoms. The molecule has 0 aliphatic heterocycles. The molecule has 0 spiro atoms. The van der Waals surface area contributed by atoms with Crippen LogP contribution >= 0.6 is 0 Å². The maximum Gasteiger partial charge on any atom is 0.140 e. The predicted octanol–water partition coefficient (Wildman–Crippen LogP) is 0.0844. The van der Waals surface area contributed by atoms with Crippen LogP contribution in [0.1, 0.15) is 25.7 Å². The van der Waals surface area contributed by atoms with Crippen molar-refractivity contribution >= 4 is 37.6 Å². The molecule has 0 aliphatic rings. The van der Waals surface area contributed by atoms with Crippen molar-refractivity contribution in [3.05, 3.63) is 0 Å². The molecule has 0 saturated heterocycles. The van der Waals surface area contributed by atoms with E-state index < -0.39 is 12.2 Å². The van der Waals surface area contributed by atoms with Gasteiger partial charge in [0.05, 0.1) is 12.4 Å². The van der Waals surface area contributed by atoms with E-state index in [-0.39, 0.29) is 25.7 Å². The molecule has 0 rings (SSSR count). The lowest BCUT2D eigenvalue weighted by Gasteiger charge is -2.07. The van der Waals surface area contributed by atoms with Gasteiger partial charge in [0.2, 0.25) is 0 Å². The van der Waals surface area contributed by atoms with Crippen LogP contribution in [0.4, 0.5) is 0 Å². The Kier molecular flexibility index (Phi) is 11.5. The van der Waals surface area contributed by atoms with Gasteiger partial charge in [-0.1, -0.05) is 10.3 Å². The lowest BCUT2D eigenvalue weighted by Crippen LogP contribution is -2.12. The summed E-state index contributed by atoms with van der Waals surface area (Å²) in [6.07, 6.45) is 3.86. The number of carbonyl (C=O) groups is 4. The largest absolute Gasteiger partial charge is 0.392 e. The van der Waals surface area contributed by atoms with Crippen molar-refractivity contribution in [1.82, 2.24) is 0 Å². The molecular formula is C12H16N2O6. The average molecular weight is 284 g/mol. The Balaban J connectivity index is 4.04. The van der Waals surface area contributed by atoms with Gasteiger partial charge < -0.3 is 28.9 Å². The van der Waals surface area contributed by atoms with E-state index in [0.29, 0.717) is 25.1 Å². The fraction of sp³-hybridized carbons (Fsp3) is 0.500. The summed E-state index contributed by atoms with van der Waals surface area (Å²) in [5.74, 6) is 0. The molecule has 0 aromatic carbocycles. The van der Waals surface area contributed by atoms with E-state index in [0.717, 1.165) is 12.4 Å². The molecule has 0 radical (unpaired) electrons. The molecule has 0 bridgehead atoms. The molecule has 0 saturated carbocycles. The summed E-state index contributed by atoms with van der Waals surface area (Å²) in [4.78, 5) is 50.8. The number of hydrogen-bond donors (Lipinski definition) is 0. The van der Waals surface area contributed by atoms with Gasteiger partial charge in [-0.3, -0.25) is 0 Å². The maximum absolute atomic E-state index is 10.3. The van der Waals surface area contributed by atoms with Crippen LogP contribution in [0.15, 0.2) is 10.3 Å². The maximum atomic E-state index is 10.3. The minimum Gasteiger partial charge on any atom is -0.392 e. The van der Waals surface area contributed by atoms with Crippen molar-refractivity contribution in [3.8, 4) is 0 Å². The standard InChI is InChI=1S/C12H16N2O6/c15-7-1-11(2-8-16)19-13-5-6-14-20-12(3-9-17)4-10-18/h5-12H,1-4H2/b13-5+,14-6+. The highest BCUT2D eigenvalue weighted by Gasteiger charge is 2.08. The predicted molar refractivity (Wildman–Crippen MR) is 69.5 cm³/mol.